The maximum absolute atomic E-state index is 14.6. The third-order valence-electron chi connectivity index (χ3n) is 10.7. The van der Waals surface area contributed by atoms with Gasteiger partial charge in [0.05, 0.1) is 6.10 Å². The number of rotatable bonds is 23. The number of amides is 6. The topological polar surface area (TPSA) is 313 Å². The van der Waals surface area contributed by atoms with E-state index in [1.807, 2.05) is 48.5 Å². The number of benzene rings is 3. The smallest absolute Gasteiger partial charge is 0.243 e. The molecule has 0 bridgehead atoms. The lowest BCUT2D eigenvalue weighted by Crippen LogP contribution is -2.60. The number of nitrogens with one attached hydrogen (secondary N) is 7. The van der Waals surface area contributed by atoms with Crippen molar-refractivity contribution < 1.29 is 39.0 Å². The van der Waals surface area contributed by atoms with Crippen LogP contribution in [-0.4, -0.2) is 110 Å². The fourth-order valence-electron chi connectivity index (χ4n) is 7.08. The number of carbonyl (C=O) groups excluding carboxylic acids is 6. The summed E-state index contributed by atoms with van der Waals surface area (Å²) in [7, 11) is 0. The van der Waals surface area contributed by atoms with E-state index >= 15 is 0 Å². The van der Waals surface area contributed by atoms with Gasteiger partial charge in [-0.1, -0.05) is 48.5 Å². The Balaban J connectivity index is 1.46. The van der Waals surface area contributed by atoms with Crippen molar-refractivity contribution in [2.75, 3.05) is 12.3 Å². The largest absolute Gasteiger partial charge is 0.508 e. The molecule has 5 aromatic rings. The molecule has 0 fully saturated rings. The summed E-state index contributed by atoms with van der Waals surface area (Å²) < 4.78 is 0. The number of unbranched alkanes of at least 4 members (excludes halogenated alkanes) is 1. The number of primary amides is 1. The number of nitrogens with two attached hydrogens (primary N) is 3. The number of hydrogen-bond acceptors (Lipinski definition) is 11. The van der Waals surface area contributed by atoms with Gasteiger partial charge in [-0.2, -0.15) is 12.6 Å². The monoisotopic (exact) mass is 884 g/mol. The molecule has 336 valence electrons. The van der Waals surface area contributed by atoms with Gasteiger partial charge in [0.2, 0.25) is 35.4 Å². The molecular weight excluding hydrogens is 829 g/mol. The molecule has 0 aliphatic carbocycles. The van der Waals surface area contributed by atoms with Crippen molar-refractivity contribution in [1.29, 1.82) is 0 Å². The number of aromatic amines is 2. The second-order valence-electron chi connectivity index (χ2n) is 15.4. The Bertz CT molecular complexity index is 2370. The van der Waals surface area contributed by atoms with Gasteiger partial charge >= 0.3 is 0 Å². The van der Waals surface area contributed by atoms with Gasteiger partial charge in [-0.3, -0.25) is 28.8 Å². The second kappa shape index (κ2) is 22.6. The van der Waals surface area contributed by atoms with Crippen molar-refractivity contribution in [2.45, 2.75) is 87.8 Å². The number of carbonyl (C=O) groups is 6. The molecule has 18 nitrogen and oxygen atoms in total. The first-order chi connectivity index (χ1) is 30.2. The highest BCUT2D eigenvalue weighted by atomic mass is 32.1. The molecule has 2 aromatic heterocycles. The van der Waals surface area contributed by atoms with E-state index in [0.717, 1.165) is 21.8 Å². The molecule has 0 radical (unpaired) electrons. The Labute approximate surface area is 369 Å². The van der Waals surface area contributed by atoms with Gasteiger partial charge in [-0.05, 0) is 73.7 Å². The lowest BCUT2D eigenvalue weighted by atomic mass is 10.00. The fraction of sp³-hybridized carbons (Fsp3) is 0.364. The molecule has 0 saturated heterocycles. The number of aliphatic hydroxyl groups excluding tert-OH is 1. The number of aromatic hydroxyl groups is 1. The molecule has 0 spiro atoms. The highest BCUT2D eigenvalue weighted by Gasteiger charge is 2.34. The third kappa shape index (κ3) is 13.1. The molecule has 2 heterocycles. The summed E-state index contributed by atoms with van der Waals surface area (Å²) >= 11 is 4.11. The van der Waals surface area contributed by atoms with Gasteiger partial charge in [-0.15, -0.1) is 0 Å². The summed E-state index contributed by atoms with van der Waals surface area (Å²) in [5, 5.41) is 35.0. The third-order valence-corrected chi connectivity index (χ3v) is 11.1. The molecule has 0 saturated carbocycles. The summed E-state index contributed by atoms with van der Waals surface area (Å²) in [6.07, 6.45) is 3.04. The van der Waals surface area contributed by atoms with E-state index in [0.29, 0.717) is 36.1 Å². The predicted octanol–water partition coefficient (Wildman–Crippen LogP) is 0.0589. The Kier molecular flexibility index (Phi) is 17.1. The first kappa shape index (κ1) is 47.6. The van der Waals surface area contributed by atoms with E-state index in [1.54, 1.807) is 24.5 Å². The molecule has 7 atom stereocenters. The van der Waals surface area contributed by atoms with Gasteiger partial charge in [-0.25, -0.2) is 0 Å². The highest BCUT2D eigenvalue weighted by Crippen LogP contribution is 2.22. The van der Waals surface area contributed by atoms with Crippen molar-refractivity contribution >= 4 is 69.9 Å². The van der Waals surface area contributed by atoms with Crippen LogP contribution in [0.25, 0.3) is 21.8 Å². The minimum Gasteiger partial charge on any atom is -0.508 e. The van der Waals surface area contributed by atoms with Crippen LogP contribution in [0.15, 0.2) is 85.2 Å². The molecule has 0 aliphatic heterocycles. The van der Waals surface area contributed by atoms with Crippen molar-refractivity contribution in [3.8, 4) is 5.75 Å². The van der Waals surface area contributed by atoms with E-state index < -0.39 is 77.8 Å². The van der Waals surface area contributed by atoms with Crippen molar-refractivity contribution in [2.24, 2.45) is 17.2 Å². The Morgan fingerprint density at radius 2 is 1.08 bits per heavy atom. The van der Waals surface area contributed by atoms with Gasteiger partial charge in [0.1, 0.15) is 42.0 Å². The SMILES string of the molecule is C[C@@H](O)[C@H](N)C(=O)N[C@@H](Cc1c[nH]c2ccccc12)C(=O)N[C@@H](Cc1c[nH]c2ccccc12)C(=O)N[C@@H](CCCCN)C(=O)N[C@@H](Cc1ccc(O)cc1)C(=O)N[C@@H](CS)C(N)=O. The number of thiol groups is 1. The molecule has 0 unspecified atom stereocenters. The zero-order valence-corrected chi connectivity index (χ0v) is 35.7. The van der Waals surface area contributed by atoms with Crippen LogP contribution in [0, 0.1) is 0 Å². The molecule has 19 heteroatoms. The number of fused-ring (bicyclic) bond motifs is 2. The summed E-state index contributed by atoms with van der Waals surface area (Å²) in [5.41, 5.74) is 20.7. The molecule has 15 N–H and O–H groups in total. The summed E-state index contributed by atoms with van der Waals surface area (Å²) in [5.74, 6) is -4.73. The summed E-state index contributed by atoms with van der Waals surface area (Å²) in [4.78, 5) is 88.4. The minimum atomic E-state index is -1.36. The highest BCUT2D eigenvalue weighted by molar-refractivity contribution is 7.80. The number of aliphatic hydroxyl groups is 1. The van der Waals surface area contributed by atoms with Crippen LogP contribution in [0.2, 0.25) is 0 Å². The van der Waals surface area contributed by atoms with Crippen LogP contribution in [0.5, 0.6) is 5.75 Å². The standard InChI is InChI=1S/C44H56N10O8S/c1-24(55)38(46)44(62)53-36(20-27-22-49-32-11-5-3-9-30(27)32)43(61)52-35(19-26-21-48-31-10-4-2-8-29(26)31)42(60)50-33(12-6-7-17-45)40(58)51-34(18-25-13-15-28(56)16-14-25)41(59)54-37(23-63)39(47)57/h2-5,8-11,13-16,21-22,24,33-38,48-49,55-56,63H,6-7,12,17-20,23,45-46H2,1H3,(H2,47,57)(H,50,60)(H,51,58)(H,52,61)(H,53,62)(H,54,59)/t24-,33+,34+,35+,36+,37+,38+/m1/s1. The quantitative estimate of drug-likeness (QED) is 0.0309. The zero-order valence-electron chi connectivity index (χ0n) is 34.8. The predicted molar refractivity (Wildman–Crippen MR) is 241 cm³/mol. The van der Waals surface area contributed by atoms with Crippen molar-refractivity contribution in [3.63, 3.8) is 0 Å². The Hall–Kier alpha value is -6.41. The average molecular weight is 885 g/mol. The number of H-pyrrole nitrogens is 2. The number of phenols is 1. The van der Waals surface area contributed by atoms with E-state index in [9.17, 15) is 39.0 Å². The van der Waals surface area contributed by atoms with Crippen LogP contribution in [0.4, 0.5) is 0 Å². The second-order valence-corrected chi connectivity index (χ2v) is 15.8. The summed E-state index contributed by atoms with van der Waals surface area (Å²) in [6, 6.07) is 13.1. The van der Waals surface area contributed by atoms with Gasteiger partial charge in [0.15, 0.2) is 0 Å². The molecule has 0 aliphatic rings. The number of para-hydroxylation sites is 2. The van der Waals surface area contributed by atoms with Gasteiger partial charge in [0.25, 0.3) is 0 Å². The molecule has 63 heavy (non-hydrogen) atoms. The van der Waals surface area contributed by atoms with E-state index in [4.69, 9.17) is 17.2 Å². The minimum absolute atomic E-state index is 0.0142. The first-order valence-corrected chi connectivity index (χ1v) is 21.3. The van der Waals surface area contributed by atoms with Gasteiger partial charge < -0.3 is 64.0 Å². The van der Waals surface area contributed by atoms with E-state index in [1.165, 1.54) is 19.1 Å². The number of phenolic OH excluding ortho intramolecular Hbond substituents is 1. The van der Waals surface area contributed by atoms with Crippen LogP contribution in [0.3, 0.4) is 0 Å². The first-order valence-electron chi connectivity index (χ1n) is 20.6. The van der Waals surface area contributed by atoms with Crippen LogP contribution in [-0.2, 0) is 48.0 Å². The summed E-state index contributed by atoms with van der Waals surface area (Å²) in [6.45, 7) is 1.65. The molecule has 6 amide bonds. The Morgan fingerprint density at radius 3 is 1.56 bits per heavy atom. The lowest BCUT2D eigenvalue weighted by Gasteiger charge is -2.27. The maximum atomic E-state index is 14.6. The number of hydrogen-bond donors (Lipinski definition) is 13. The van der Waals surface area contributed by atoms with Crippen LogP contribution in [0.1, 0.15) is 42.9 Å². The van der Waals surface area contributed by atoms with E-state index in [-0.39, 0.29) is 37.2 Å². The normalized spacial score (nSPS) is 14.7. The molecule has 3 aromatic carbocycles. The number of aromatic nitrogens is 2. The van der Waals surface area contributed by atoms with Crippen LogP contribution >= 0.6 is 12.6 Å². The Morgan fingerprint density at radius 1 is 0.635 bits per heavy atom. The maximum Gasteiger partial charge on any atom is 0.243 e. The van der Waals surface area contributed by atoms with Crippen LogP contribution < -0.4 is 43.8 Å². The molecule has 5 rings (SSSR count). The van der Waals surface area contributed by atoms with Crippen molar-refractivity contribution in [3.05, 3.63) is 102 Å². The van der Waals surface area contributed by atoms with Crippen molar-refractivity contribution in [1.82, 2.24) is 36.6 Å². The average Bonchev–Trinajstić information content (AvgIpc) is 3.88. The van der Waals surface area contributed by atoms with E-state index in [2.05, 4.69) is 49.2 Å². The molecular formula is C44H56N10O8S. The van der Waals surface area contributed by atoms with Gasteiger partial charge in [0, 0.05) is 59.2 Å². The lowest BCUT2D eigenvalue weighted by molar-refractivity contribution is -0.135. The zero-order chi connectivity index (χ0) is 45.6. The fourth-order valence-corrected chi connectivity index (χ4v) is 7.35.